The first kappa shape index (κ1) is 17.4. The van der Waals surface area contributed by atoms with E-state index in [1.165, 1.54) is 5.56 Å². The summed E-state index contributed by atoms with van der Waals surface area (Å²) < 4.78 is 0. The summed E-state index contributed by atoms with van der Waals surface area (Å²) in [5.74, 6) is 0.131. The summed E-state index contributed by atoms with van der Waals surface area (Å²) in [4.78, 5) is 24.0. The number of carbonyl (C=O) groups is 1. The maximum absolute atomic E-state index is 12.8. The number of aromatic nitrogens is 2. The number of pyridine rings is 2. The van der Waals surface area contributed by atoms with Crippen molar-refractivity contribution in [2.45, 2.75) is 31.7 Å². The van der Waals surface area contributed by atoms with Crippen LogP contribution in [0, 0.1) is 0 Å². The van der Waals surface area contributed by atoms with E-state index in [9.17, 15) is 4.79 Å². The Balaban J connectivity index is 1.50. The van der Waals surface area contributed by atoms with E-state index in [1.807, 2.05) is 47.4 Å². The molecule has 0 N–H and O–H groups in total. The molecule has 1 atom stereocenters. The Morgan fingerprint density at radius 2 is 1.78 bits per heavy atom. The highest BCUT2D eigenvalue weighted by atomic mass is 16.2. The summed E-state index contributed by atoms with van der Waals surface area (Å²) >= 11 is 0. The van der Waals surface area contributed by atoms with E-state index in [1.54, 1.807) is 6.20 Å². The zero-order valence-electron chi connectivity index (χ0n) is 15.3. The molecule has 1 amide bonds. The topological polar surface area (TPSA) is 46.1 Å². The van der Waals surface area contributed by atoms with Gasteiger partial charge in [-0.15, -0.1) is 0 Å². The summed E-state index contributed by atoms with van der Waals surface area (Å²) in [5.41, 5.74) is 4.11. The van der Waals surface area contributed by atoms with E-state index in [4.69, 9.17) is 4.98 Å². The second kappa shape index (κ2) is 8.12. The van der Waals surface area contributed by atoms with Crippen LogP contribution in [0.3, 0.4) is 0 Å². The molecule has 4 rings (SSSR count). The van der Waals surface area contributed by atoms with Crippen molar-refractivity contribution < 1.29 is 4.79 Å². The van der Waals surface area contributed by atoms with Crippen LogP contribution in [-0.2, 0) is 17.6 Å². The molecule has 0 spiro atoms. The minimum Gasteiger partial charge on any atom is -0.334 e. The predicted octanol–water partition coefficient (Wildman–Crippen LogP) is 3.97. The molecule has 1 fully saturated rings. The van der Waals surface area contributed by atoms with Gasteiger partial charge in [-0.3, -0.25) is 14.8 Å². The lowest BCUT2D eigenvalue weighted by Crippen LogP contribution is -2.32. The third kappa shape index (κ3) is 4.22. The number of nitrogens with zero attached hydrogens (tertiary/aromatic N) is 3. The maximum atomic E-state index is 12.8. The molecular weight excluding hydrogens is 334 g/mol. The molecule has 0 bridgehead atoms. The van der Waals surface area contributed by atoms with Crippen LogP contribution in [0.2, 0.25) is 0 Å². The fraction of sp³-hybridized carbons (Fsp3) is 0.261. The molecule has 3 heterocycles. The summed E-state index contributed by atoms with van der Waals surface area (Å²) in [6.07, 6.45) is 4.88. The van der Waals surface area contributed by atoms with Crippen LogP contribution in [0.1, 0.15) is 41.5 Å². The van der Waals surface area contributed by atoms with Gasteiger partial charge in [-0.2, -0.15) is 0 Å². The number of amides is 1. The minimum absolute atomic E-state index is 0.0666. The van der Waals surface area contributed by atoms with Gasteiger partial charge < -0.3 is 4.90 Å². The van der Waals surface area contributed by atoms with Gasteiger partial charge in [0.15, 0.2) is 0 Å². The number of carbonyl (C=O) groups excluding carboxylic acids is 1. The van der Waals surface area contributed by atoms with Crippen LogP contribution in [0.4, 0.5) is 0 Å². The van der Waals surface area contributed by atoms with Crippen LogP contribution in [0.25, 0.3) is 0 Å². The van der Waals surface area contributed by atoms with E-state index in [2.05, 4.69) is 29.2 Å². The average molecular weight is 357 g/mol. The molecule has 136 valence electrons. The summed E-state index contributed by atoms with van der Waals surface area (Å²) in [7, 11) is 0. The van der Waals surface area contributed by atoms with Crippen LogP contribution in [0.5, 0.6) is 0 Å². The number of hydrogen-bond donors (Lipinski definition) is 0. The number of rotatable bonds is 5. The Kier molecular flexibility index (Phi) is 5.24. The number of likely N-dealkylation sites (tertiary alicyclic amines) is 1. The molecule has 0 saturated carbocycles. The molecule has 4 heteroatoms. The first-order valence-electron chi connectivity index (χ1n) is 9.49. The molecular formula is C23H23N3O. The molecule has 0 aliphatic carbocycles. The van der Waals surface area contributed by atoms with Gasteiger partial charge in [0.25, 0.3) is 0 Å². The van der Waals surface area contributed by atoms with Crippen molar-refractivity contribution in [3.63, 3.8) is 0 Å². The first-order chi connectivity index (χ1) is 13.3. The molecule has 1 saturated heterocycles. The van der Waals surface area contributed by atoms with Crippen LogP contribution in [-0.4, -0.2) is 27.3 Å². The van der Waals surface area contributed by atoms with E-state index in [0.29, 0.717) is 6.42 Å². The van der Waals surface area contributed by atoms with Gasteiger partial charge in [0, 0.05) is 30.6 Å². The van der Waals surface area contributed by atoms with Crippen molar-refractivity contribution in [1.29, 1.82) is 0 Å². The van der Waals surface area contributed by atoms with E-state index in [-0.39, 0.29) is 11.9 Å². The lowest BCUT2D eigenvalue weighted by atomic mass is 10.1. The van der Waals surface area contributed by atoms with Gasteiger partial charge in [-0.1, -0.05) is 42.5 Å². The fourth-order valence-electron chi connectivity index (χ4n) is 3.72. The highest BCUT2D eigenvalue weighted by Crippen LogP contribution is 2.31. The third-order valence-corrected chi connectivity index (χ3v) is 5.03. The average Bonchev–Trinajstić information content (AvgIpc) is 3.20. The van der Waals surface area contributed by atoms with Crippen molar-refractivity contribution in [3.05, 3.63) is 95.6 Å². The summed E-state index contributed by atoms with van der Waals surface area (Å²) in [5, 5.41) is 0. The summed E-state index contributed by atoms with van der Waals surface area (Å²) in [6.45, 7) is 0.793. The lowest BCUT2D eigenvalue weighted by molar-refractivity contribution is -0.131. The van der Waals surface area contributed by atoms with Crippen molar-refractivity contribution in [3.8, 4) is 0 Å². The van der Waals surface area contributed by atoms with Crippen molar-refractivity contribution in [2.75, 3.05) is 6.54 Å². The Labute approximate surface area is 159 Å². The summed E-state index contributed by atoms with van der Waals surface area (Å²) in [6, 6.07) is 22.3. The molecule has 1 aliphatic rings. The normalized spacial score (nSPS) is 16.4. The van der Waals surface area contributed by atoms with Gasteiger partial charge in [0.05, 0.1) is 18.2 Å². The van der Waals surface area contributed by atoms with Gasteiger partial charge in [-0.05, 0) is 42.7 Å². The van der Waals surface area contributed by atoms with Crippen LogP contribution in [0.15, 0.2) is 72.9 Å². The Hall–Kier alpha value is -3.01. The highest BCUT2D eigenvalue weighted by Gasteiger charge is 2.31. The van der Waals surface area contributed by atoms with Gasteiger partial charge in [-0.25, -0.2) is 0 Å². The molecule has 1 aliphatic heterocycles. The number of hydrogen-bond acceptors (Lipinski definition) is 3. The van der Waals surface area contributed by atoms with Gasteiger partial charge in [0.2, 0.25) is 5.91 Å². The fourth-order valence-corrected chi connectivity index (χ4v) is 3.72. The largest absolute Gasteiger partial charge is 0.334 e. The van der Waals surface area contributed by atoms with Crippen molar-refractivity contribution in [1.82, 2.24) is 14.9 Å². The number of benzene rings is 1. The Morgan fingerprint density at radius 1 is 0.963 bits per heavy atom. The molecule has 3 aromatic rings. The van der Waals surface area contributed by atoms with E-state index in [0.717, 1.165) is 42.9 Å². The third-order valence-electron chi connectivity index (χ3n) is 5.03. The van der Waals surface area contributed by atoms with Crippen LogP contribution >= 0.6 is 0 Å². The van der Waals surface area contributed by atoms with Gasteiger partial charge >= 0.3 is 0 Å². The SMILES string of the molecule is O=C(Cc1ccccn1)N1CCC[C@H]1c1cccc(Cc2ccccc2)n1. The molecule has 2 aromatic heterocycles. The minimum atomic E-state index is 0.0666. The van der Waals surface area contributed by atoms with Crippen LogP contribution < -0.4 is 0 Å². The van der Waals surface area contributed by atoms with E-state index < -0.39 is 0 Å². The first-order valence-corrected chi connectivity index (χ1v) is 9.49. The Bertz CT molecular complexity index is 896. The second-order valence-corrected chi connectivity index (χ2v) is 6.96. The standard InChI is InChI=1S/C23H23N3O/c27-23(17-19-10-4-5-14-24-19)26-15-7-13-22(26)21-12-6-11-20(25-21)16-18-8-2-1-3-9-18/h1-6,8-12,14,22H,7,13,15-17H2/t22-/m0/s1. The van der Waals surface area contributed by atoms with E-state index >= 15 is 0 Å². The molecule has 27 heavy (non-hydrogen) atoms. The zero-order chi connectivity index (χ0) is 18.5. The molecule has 0 radical (unpaired) electrons. The highest BCUT2D eigenvalue weighted by molar-refractivity contribution is 5.79. The lowest BCUT2D eigenvalue weighted by Gasteiger charge is -2.24. The predicted molar refractivity (Wildman–Crippen MR) is 105 cm³/mol. The molecule has 0 unspecified atom stereocenters. The molecule has 1 aromatic carbocycles. The molecule has 4 nitrogen and oxygen atoms in total. The van der Waals surface area contributed by atoms with Crippen molar-refractivity contribution >= 4 is 5.91 Å². The zero-order valence-corrected chi connectivity index (χ0v) is 15.3. The monoisotopic (exact) mass is 357 g/mol. The quantitative estimate of drug-likeness (QED) is 0.694. The Morgan fingerprint density at radius 3 is 2.59 bits per heavy atom. The smallest absolute Gasteiger partial charge is 0.229 e. The van der Waals surface area contributed by atoms with Crippen molar-refractivity contribution in [2.24, 2.45) is 0 Å². The van der Waals surface area contributed by atoms with Gasteiger partial charge in [0.1, 0.15) is 0 Å². The second-order valence-electron chi connectivity index (χ2n) is 6.96. The maximum Gasteiger partial charge on any atom is 0.229 e.